The van der Waals surface area contributed by atoms with Gasteiger partial charge in [0.05, 0.1) is 20.3 Å². The Morgan fingerprint density at radius 1 is 1.18 bits per heavy atom. The van der Waals surface area contributed by atoms with E-state index in [9.17, 15) is 29.7 Å². The second-order valence-corrected chi connectivity index (χ2v) is 11.4. The number of ether oxygens (including phenoxy) is 1. The van der Waals surface area contributed by atoms with E-state index in [1.165, 1.54) is 36.4 Å². The predicted molar refractivity (Wildman–Crippen MR) is 137 cm³/mol. The number of rotatable bonds is 8. The number of hydrogen-bond acceptors (Lipinski definition) is 8. The first-order chi connectivity index (χ1) is 17.9. The van der Waals surface area contributed by atoms with Gasteiger partial charge in [-0.2, -0.15) is 5.10 Å². The lowest BCUT2D eigenvalue weighted by molar-refractivity contribution is -0.153. The maximum atomic E-state index is 14.3. The average molecular weight is 543 g/mol. The van der Waals surface area contributed by atoms with Gasteiger partial charge >= 0.3 is 11.9 Å². The zero-order valence-corrected chi connectivity index (χ0v) is 22.3. The summed E-state index contributed by atoms with van der Waals surface area (Å²) in [5, 5.41) is 37.5. The highest BCUT2D eigenvalue weighted by Crippen LogP contribution is 2.56. The number of aliphatic carboxylic acids is 2. The van der Waals surface area contributed by atoms with Gasteiger partial charge in [0.25, 0.3) is 5.91 Å². The third kappa shape index (κ3) is 4.33. The van der Waals surface area contributed by atoms with Crippen molar-refractivity contribution in [2.24, 2.45) is 5.41 Å². The van der Waals surface area contributed by atoms with Crippen LogP contribution in [0.15, 0.2) is 48.2 Å². The smallest absolute Gasteiger partial charge is 0.331 e. The highest BCUT2D eigenvalue weighted by atomic mass is 32.1. The molecular weight excluding hydrogens is 512 g/mol. The van der Waals surface area contributed by atoms with Crippen molar-refractivity contribution in [2.75, 3.05) is 13.7 Å². The van der Waals surface area contributed by atoms with Crippen LogP contribution >= 0.6 is 11.3 Å². The van der Waals surface area contributed by atoms with Crippen LogP contribution in [0.4, 0.5) is 0 Å². The van der Waals surface area contributed by atoms with E-state index in [0.29, 0.717) is 5.75 Å². The summed E-state index contributed by atoms with van der Waals surface area (Å²) in [4.78, 5) is 45.5. The molecule has 3 N–H and O–H groups in total. The lowest BCUT2D eigenvalue weighted by atomic mass is 9.77. The van der Waals surface area contributed by atoms with Gasteiger partial charge in [0.2, 0.25) is 0 Å². The lowest BCUT2D eigenvalue weighted by Crippen LogP contribution is -2.56. The van der Waals surface area contributed by atoms with Gasteiger partial charge in [-0.25, -0.2) is 9.78 Å². The molecule has 1 aromatic carbocycles. The second kappa shape index (κ2) is 9.84. The van der Waals surface area contributed by atoms with Crippen LogP contribution in [0.3, 0.4) is 0 Å². The first kappa shape index (κ1) is 27.3. The third-order valence-corrected chi connectivity index (χ3v) is 7.93. The summed E-state index contributed by atoms with van der Waals surface area (Å²) in [5.41, 5.74) is -3.46. The van der Waals surface area contributed by atoms with Crippen molar-refractivity contribution in [3.05, 3.63) is 64.4 Å². The lowest BCUT2D eigenvalue weighted by Gasteiger charge is -2.38. The van der Waals surface area contributed by atoms with Crippen LogP contribution in [-0.4, -0.2) is 72.1 Å². The van der Waals surface area contributed by atoms with Crippen LogP contribution in [0.1, 0.15) is 54.2 Å². The molecule has 38 heavy (non-hydrogen) atoms. The van der Waals surface area contributed by atoms with E-state index >= 15 is 0 Å². The molecule has 1 aliphatic rings. The summed E-state index contributed by atoms with van der Waals surface area (Å²) in [6, 6.07) is 5.08. The Morgan fingerprint density at radius 3 is 2.42 bits per heavy atom. The monoisotopic (exact) mass is 542 g/mol. The molecule has 0 aliphatic carbocycles. The van der Waals surface area contributed by atoms with Crippen molar-refractivity contribution in [1.29, 1.82) is 0 Å². The molecule has 3 aromatic rings. The number of carboxylic acid groups (broad SMARTS) is 2. The summed E-state index contributed by atoms with van der Waals surface area (Å²) in [5.74, 6) is -3.14. The minimum absolute atomic E-state index is 0.113. The van der Waals surface area contributed by atoms with Gasteiger partial charge in [-0.3, -0.25) is 14.3 Å². The van der Waals surface area contributed by atoms with Gasteiger partial charge in [-0.15, -0.1) is 11.3 Å². The zero-order valence-electron chi connectivity index (χ0n) is 21.5. The van der Waals surface area contributed by atoms with E-state index < -0.39 is 47.9 Å². The number of hydrogen-bond donors (Lipinski definition) is 3. The summed E-state index contributed by atoms with van der Waals surface area (Å²) < 4.78 is 6.90. The molecule has 3 heterocycles. The first-order valence-electron chi connectivity index (χ1n) is 11.9. The summed E-state index contributed by atoms with van der Waals surface area (Å²) in [6.45, 7) is 4.74. The number of aliphatic hydroxyl groups is 1. The molecule has 1 amide bonds. The van der Waals surface area contributed by atoms with Crippen LogP contribution in [-0.2, 0) is 21.5 Å². The highest BCUT2D eigenvalue weighted by molar-refractivity contribution is 7.09. The molecule has 0 saturated carbocycles. The number of aliphatic hydroxyl groups excluding tert-OH is 1. The van der Waals surface area contributed by atoms with Crippen LogP contribution in [0.2, 0.25) is 0 Å². The van der Waals surface area contributed by atoms with Crippen molar-refractivity contribution < 1.29 is 34.4 Å². The number of thiazole rings is 1. The van der Waals surface area contributed by atoms with E-state index in [-0.39, 0.29) is 22.5 Å². The van der Waals surface area contributed by atoms with Crippen LogP contribution in [0, 0.1) is 5.41 Å². The molecule has 0 radical (unpaired) electrons. The van der Waals surface area contributed by atoms with Crippen molar-refractivity contribution in [1.82, 2.24) is 19.7 Å². The van der Waals surface area contributed by atoms with Crippen molar-refractivity contribution in [2.45, 2.75) is 50.7 Å². The fourth-order valence-electron chi connectivity index (χ4n) is 5.25. The Kier molecular flexibility index (Phi) is 7.06. The highest BCUT2D eigenvalue weighted by Gasteiger charge is 2.69. The Balaban J connectivity index is 1.98. The topological polar surface area (TPSA) is 155 Å². The van der Waals surface area contributed by atoms with Crippen molar-refractivity contribution in [3.8, 4) is 5.75 Å². The molecule has 12 heteroatoms. The average Bonchev–Trinajstić information content (AvgIpc) is 3.62. The summed E-state index contributed by atoms with van der Waals surface area (Å²) >= 11 is 1.09. The molecule has 4 rings (SSSR count). The van der Waals surface area contributed by atoms with E-state index in [2.05, 4.69) is 10.1 Å². The molecule has 1 aliphatic heterocycles. The molecule has 1 saturated heterocycles. The molecule has 11 nitrogen and oxygen atoms in total. The number of nitrogens with zero attached hydrogens (tertiary/aromatic N) is 4. The number of carbonyl (C=O) groups is 3. The number of amides is 1. The van der Waals surface area contributed by atoms with Gasteiger partial charge < -0.3 is 25.0 Å². The number of benzene rings is 1. The van der Waals surface area contributed by atoms with Crippen LogP contribution < -0.4 is 4.74 Å². The third-order valence-electron chi connectivity index (χ3n) is 7.10. The quantitative estimate of drug-likeness (QED) is 0.390. The van der Waals surface area contributed by atoms with Gasteiger partial charge in [0.1, 0.15) is 22.2 Å². The first-order valence-corrected chi connectivity index (χ1v) is 12.8. The van der Waals surface area contributed by atoms with Crippen molar-refractivity contribution >= 4 is 29.2 Å². The Bertz CT molecular complexity index is 1340. The Hall–Kier alpha value is -3.77. The largest absolute Gasteiger partial charge is 0.496 e. The standard InChI is InChI=1S/C26H30N4O7S/c1-24(2,3)17-7-6-16(12-18(17)37-4)21(32)30-19(20-27-9-11-38-20)25(15-31,22(33)34)13-26(30,23(35)36)14-29-10-5-8-28-29/h5-12,19,31H,13-15H2,1-4H3,(H,33,34)(H,35,36)/t19-,25+,26+/m0/s1. The minimum atomic E-state index is -2.07. The van der Waals surface area contributed by atoms with Gasteiger partial charge in [0, 0.05) is 36.0 Å². The maximum Gasteiger partial charge on any atom is 0.331 e. The molecule has 1 fully saturated rings. The fourth-order valence-corrected chi connectivity index (χ4v) is 6.09. The van der Waals surface area contributed by atoms with Gasteiger partial charge in [-0.1, -0.05) is 26.8 Å². The molecular formula is C26H30N4O7S. The molecule has 2 aromatic heterocycles. The normalized spacial score (nSPS) is 23.4. The number of carbonyl (C=O) groups excluding carboxylic acids is 1. The van der Waals surface area contributed by atoms with E-state index in [4.69, 9.17) is 4.74 Å². The number of aromatic nitrogens is 3. The Labute approximate surface area is 223 Å². The molecule has 3 atom stereocenters. The molecule has 0 bridgehead atoms. The van der Waals surface area contributed by atoms with Crippen molar-refractivity contribution in [3.63, 3.8) is 0 Å². The van der Waals surface area contributed by atoms with Crippen LogP contribution in [0.5, 0.6) is 5.75 Å². The number of likely N-dealkylation sites (tertiary alicyclic amines) is 1. The predicted octanol–water partition coefficient (Wildman–Crippen LogP) is 2.82. The molecule has 0 spiro atoms. The van der Waals surface area contributed by atoms with Crippen LogP contribution in [0.25, 0.3) is 0 Å². The number of carboxylic acids is 2. The minimum Gasteiger partial charge on any atom is -0.496 e. The SMILES string of the molecule is COc1cc(C(=O)N2[C@@H](c3nccs3)[C@@](CO)(C(=O)O)C[C@@]2(Cn2cccn2)C(=O)O)ccc1C(C)(C)C. The second-order valence-electron chi connectivity index (χ2n) is 10.4. The molecule has 202 valence electrons. The maximum absolute atomic E-state index is 14.3. The number of methoxy groups -OCH3 is 1. The van der Waals surface area contributed by atoms with E-state index in [1.807, 2.05) is 20.8 Å². The fraction of sp³-hybridized carbons (Fsp3) is 0.423. The van der Waals surface area contributed by atoms with E-state index in [1.54, 1.807) is 23.6 Å². The summed E-state index contributed by atoms with van der Waals surface area (Å²) in [6.07, 6.45) is 3.88. The molecule has 0 unspecified atom stereocenters. The zero-order chi connectivity index (χ0) is 27.9. The van der Waals surface area contributed by atoms with E-state index in [0.717, 1.165) is 21.8 Å². The van der Waals surface area contributed by atoms with Gasteiger partial charge in [0.15, 0.2) is 5.54 Å². The Morgan fingerprint density at radius 2 is 1.92 bits per heavy atom. The van der Waals surface area contributed by atoms with Gasteiger partial charge in [-0.05, 0) is 29.2 Å². The summed E-state index contributed by atoms with van der Waals surface area (Å²) in [7, 11) is 1.48.